The van der Waals surface area contributed by atoms with Crippen LogP contribution in [0.15, 0.2) is 18.2 Å². The maximum atomic E-state index is 5.93. The van der Waals surface area contributed by atoms with Crippen LogP contribution in [0.4, 0.5) is 5.69 Å². The number of hydrogen-bond acceptors (Lipinski definition) is 3. The van der Waals surface area contributed by atoms with Crippen molar-refractivity contribution in [1.82, 2.24) is 4.90 Å². The Kier molecular flexibility index (Phi) is 5.15. The van der Waals surface area contributed by atoms with Gasteiger partial charge in [-0.25, -0.2) is 0 Å². The van der Waals surface area contributed by atoms with Crippen LogP contribution < -0.4 is 10.5 Å². The van der Waals surface area contributed by atoms with Gasteiger partial charge < -0.3 is 10.5 Å². The summed E-state index contributed by atoms with van der Waals surface area (Å²) in [6.07, 6.45) is 2.57. The largest absolute Gasteiger partial charge is 0.494 e. The summed E-state index contributed by atoms with van der Waals surface area (Å²) in [5.74, 6) is 1.81. The summed E-state index contributed by atoms with van der Waals surface area (Å²) in [6.45, 7) is 13.1. The van der Waals surface area contributed by atoms with Gasteiger partial charge in [0.1, 0.15) is 5.75 Å². The first kappa shape index (κ1) is 16.2. The fourth-order valence-corrected chi connectivity index (χ4v) is 3.22. The third kappa shape index (κ3) is 4.37. The molecule has 118 valence electrons. The van der Waals surface area contributed by atoms with E-state index in [9.17, 15) is 0 Å². The SMILES string of the molecule is CCOc1ccc(N)cc1CN1CCC(C(C)(C)C)CC1. The Morgan fingerprint density at radius 1 is 1.24 bits per heavy atom. The summed E-state index contributed by atoms with van der Waals surface area (Å²) in [6, 6.07) is 5.97. The van der Waals surface area contributed by atoms with Crippen molar-refractivity contribution in [3.8, 4) is 5.75 Å². The van der Waals surface area contributed by atoms with Crippen molar-refractivity contribution < 1.29 is 4.74 Å². The van der Waals surface area contributed by atoms with Gasteiger partial charge in [-0.2, -0.15) is 0 Å². The average Bonchev–Trinajstić information content (AvgIpc) is 2.42. The number of nitrogens with two attached hydrogens (primary N) is 1. The standard InChI is InChI=1S/C18H30N2O/c1-5-21-17-7-6-16(19)12-14(17)13-20-10-8-15(9-11-20)18(2,3)4/h6-7,12,15H,5,8-11,13,19H2,1-4H3. The van der Waals surface area contributed by atoms with E-state index in [0.717, 1.165) is 23.9 Å². The molecule has 1 aliphatic rings. The fourth-order valence-electron chi connectivity index (χ4n) is 3.22. The molecule has 0 atom stereocenters. The first-order valence-electron chi connectivity index (χ1n) is 8.13. The normalized spacial score (nSPS) is 17.9. The molecule has 0 radical (unpaired) electrons. The highest BCUT2D eigenvalue weighted by Gasteiger charge is 2.28. The van der Waals surface area contributed by atoms with Crippen LogP contribution in [0.1, 0.15) is 46.1 Å². The topological polar surface area (TPSA) is 38.5 Å². The zero-order chi connectivity index (χ0) is 15.5. The van der Waals surface area contributed by atoms with Crippen LogP contribution in [0.5, 0.6) is 5.75 Å². The third-order valence-electron chi connectivity index (χ3n) is 4.59. The zero-order valence-electron chi connectivity index (χ0n) is 14.0. The molecule has 1 aliphatic heterocycles. The Morgan fingerprint density at radius 2 is 1.90 bits per heavy atom. The van der Waals surface area contributed by atoms with Gasteiger partial charge in [-0.05, 0) is 62.4 Å². The van der Waals surface area contributed by atoms with Crippen LogP contribution >= 0.6 is 0 Å². The lowest BCUT2D eigenvalue weighted by atomic mass is 9.75. The van der Waals surface area contributed by atoms with E-state index < -0.39 is 0 Å². The Hall–Kier alpha value is -1.22. The lowest BCUT2D eigenvalue weighted by molar-refractivity contribution is 0.107. The Balaban J connectivity index is 1.99. The van der Waals surface area contributed by atoms with Crippen molar-refractivity contribution in [2.24, 2.45) is 11.3 Å². The molecule has 0 unspecified atom stereocenters. The van der Waals surface area contributed by atoms with Crippen LogP contribution in [-0.4, -0.2) is 24.6 Å². The molecule has 1 heterocycles. The Morgan fingerprint density at radius 3 is 2.48 bits per heavy atom. The van der Waals surface area contributed by atoms with Crippen molar-refractivity contribution in [2.45, 2.75) is 47.1 Å². The molecular weight excluding hydrogens is 260 g/mol. The highest BCUT2D eigenvalue weighted by molar-refractivity contribution is 5.47. The molecule has 1 saturated heterocycles. The minimum absolute atomic E-state index is 0.430. The van der Waals surface area contributed by atoms with E-state index in [-0.39, 0.29) is 0 Å². The van der Waals surface area contributed by atoms with Crippen molar-refractivity contribution in [1.29, 1.82) is 0 Å². The number of piperidine rings is 1. The average molecular weight is 290 g/mol. The van der Waals surface area contributed by atoms with Crippen molar-refractivity contribution in [3.05, 3.63) is 23.8 Å². The van der Waals surface area contributed by atoms with Crippen LogP contribution in [-0.2, 0) is 6.54 Å². The Bertz CT molecular complexity index is 457. The number of benzene rings is 1. The molecule has 0 saturated carbocycles. The van der Waals surface area contributed by atoms with Gasteiger partial charge in [-0.3, -0.25) is 4.90 Å². The van der Waals surface area contributed by atoms with Gasteiger partial charge >= 0.3 is 0 Å². The number of nitrogen functional groups attached to an aromatic ring is 1. The number of anilines is 1. The van der Waals surface area contributed by atoms with Gasteiger partial charge in [0.05, 0.1) is 6.61 Å². The second-order valence-corrected chi connectivity index (χ2v) is 7.22. The predicted molar refractivity (Wildman–Crippen MR) is 89.5 cm³/mol. The molecule has 0 aliphatic carbocycles. The number of nitrogens with zero attached hydrogens (tertiary/aromatic N) is 1. The fraction of sp³-hybridized carbons (Fsp3) is 0.667. The van der Waals surface area contributed by atoms with Crippen LogP contribution in [0, 0.1) is 11.3 Å². The van der Waals surface area contributed by atoms with Crippen LogP contribution in [0.2, 0.25) is 0 Å². The molecule has 2 rings (SSSR count). The molecule has 3 nitrogen and oxygen atoms in total. The van der Waals surface area contributed by atoms with Crippen LogP contribution in [0.25, 0.3) is 0 Å². The molecule has 1 aromatic rings. The van der Waals surface area contributed by atoms with Gasteiger partial charge in [-0.15, -0.1) is 0 Å². The summed E-state index contributed by atoms with van der Waals surface area (Å²) < 4.78 is 5.73. The van der Waals surface area contributed by atoms with Gasteiger partial charge in [0.25, 0.3) is 0 Å². The molecule has 1 fully saturated rings. The van der Waals surface area contributed by atoms with E-state index in [1.807, 2.05) is 19.1 Å². The summed E-state index contributed by atoms with van der Waals surface area (Å²) >= 11 is 0. The lowest BCUT2D eigenvalue weighted by Crippen LogP contribution is -2.37. The van der Waals surface area contributed by atoms with Gasteiger partial charge in [0.2, 0.25) is 0 Å². The van der Waals surface area contributed by atoms with E-state index in [0.29, 0.717) is 12.0 Å². The van der Waals surface area contributed by atoms with Crippen LogP contribution in [0.3, 0.4) is 0 Å². The van der Waals surface area contributed by atoms with Gasteiger partial charge in [-0.1, -0.05) is 20.8 Å². The quantitative estimate of drug-likeness (QED) is 0.854. The summed E-state index contributed by atoms with van der Waals surface area (Å²) in [4.78, 5) is 2.53. The van der Waals surface area contributed by atoms with E-state index >= 15 is 0 Å². The second kappa shape index (κ2) is 6.69. The molecular formula is C18H30N2O. The summed E-state index contributed by atoms with van der Waals surface area (Å²) in [5.41, 5.74) is 8.40. The number of likely N-dealkylation sites (tertiary alicyclic amines) is 1. The van der Waals surface area contributed by atoms with E-state index in [4.69, 9.17) is 10.5 Å². The first-order valence-corrected chi connectivity index (χ1v) is 8.13. The second-order valence-electron chi connectivity index (χ2n) is 7.22. The summed E-state index contributed by atoms with van der Waals surface area (Å²) in [7, 11) is 0. The highest BCUT2D eigenvalue weighted by atomic mass is 16.5. The highest BCUT2D eigenvalue weighted by Crippen LogP contribution is 2.35. The minimum atomic E-state index is 0.430. The van der Waals surface area contributed by atoms with Crippen molar-refractivity contribution in [2.75, 3.05) is 25.4 Å². The minimum Gasteiger partial charge on any atom is -0.494 e. The molecule has 2 N–H and O–H groups in total. The van der Waals surface area contributed by atoms with E-state index in [1.54, 1.807) is 0 Å². The maximum absolute atomic E-state index is 5.93. The number of hydrogen-bond donors (Lipinski definition) is 1. The Labute approximate surface area is 129 Å². The first-order chi connectivity index (χ1) is 9.90. The maximum Gasteiger partial charge on any atom is 0.123 e. The van der Waals surface area contributed by atoms with E-state index in [2.05, 4.69) is 31.7 Å². The molecule has 0 spiro atoms. The summed E-state index contributed by atoms with van der Waals surface area (Å²) in [5, 5.41) is 0. The molecule has 1 aromatic carbocycles. The monoisotopic (exact) mass is 290 g/mol. The third-order valence-corrected chi connectivity index (χ3v) is 4.59. The molecule has 21 heavy (non-hydrogen) atoms. The van der Waals surface area contributed by atoms with E-state index in [1.165, 1.54) is 31.5 Å². The smallest absolute Gasteiger partial charge is 0.123 e. The molecule has 3 heteroatoms. The molecule has 0 bridgehead atoms. The zero-order valence-corrected chi connectivity index (χ0v) is 14.0. The number of ether oxygens (including phenoxy) is 1. The number of rotatable bonds is 4. The van der Waals surface area contributed by atoms with Gasteiger partial charge in [0, 0.05) is 17.8 Å². The van der Waals surface area contributed by atoms with Crippen molar-refractivity contribution in [3.63, 3.8) is 0 Å². The van der Waals surface area contributed by atoms with Gasteiger partial charge in [0.15, 0.2) is 0 Å². The lowest BCUT2D eigenvalue weighted by Gasteiger charge is -2.39. The molecule has 0 aromatic heterocycles. The molecule has 0 amide bonds. The van der Waals surface area contributed by atoms with Crippen molar-refractivity contribution >= 4 is 5.69 Å². The predicted octanol–water partition coefficient (Wildman–Crippen LogP) is 3.93.